The molecule has 0 N–H and O–H groups in total. The highest BCUT2D eigenvalue weighted by Gasteiger charge is 2.28. The molecule has 28 heavy (non-hydrogen) atoms. The van der Waals surface area contributed by atoms with Crippen LogP contribution in [0.1, 0.15) is 29.5 Å². The molecule has 0 bridgehead atoms. The number of hydrogen-bond acceptors (Lipinski definition) is 4. The van der Waals surface area contributed by atoms with Crippen molar-refractivity contribution in [3.8, 4) is 5.75 Å². The van der Waals surface area contributed by atoms with Crippen LogP contribution in [0.2, 0.25) is 5.02 Å². The van der Waals surface area contributed by atoms with Crippen molar-refractivity contribution in [2.75, 3.05) is 11.6 Å². The van der Waals surface area contributed by atoms with Gasteiger partial charge in [-0.15, -0.1) is 0 Å². The van der Waals surface area contributed by atoms with Gasteiger partial charge < -0.3 is 14.1 Å². The molecule has 0 atom stereocenters. The lowest BCUT2D eigenvalue weighted by atomic mass is 9.90. The van der Waals surface area contributed by atoms with E-state index in [0.717, 1.165) is 47.9 Å². The first-order valence-corrected chi connectivity index (χ1v) is 9.53. The van der Waals surface area contributed by atoms with E-state index in [2.05, 4.69) is 0 Å². The van der Waals surface area contributed by atoms with Gasteiger partial charge in [-0.1, -0.05) is 11.6 Å². The molecule has 0 spiro atoms. The number of halogens is 3. The highest BCUT2D eigenvalue weighted by atomic mass is 35.5. The molecule has 0 amide bonds. The van der Waals surface area contributed by atoms with Gasteiger partial charge in [0, 0.05) is 22.7 Å². The number of aryl methyl sites for hydroxylation is 1. The Balaban J connectivity index is 1.67. The molecule has 0 saturated heterocycles. The number of nitrogens with zero attached hydrogens (tertiary/aromatic N) is 1. The Morgan fingerprint density at radius 1 is 1.00 bits per heavy atom. The van der Waals surface area contributed by atoms with Crippen molar-refractivity contribution < 1.29 is 17.9 Å². The average Bonchev–Trinajstić information content (AvgIpc) is 2.71. The van der Waals surface area contributed by atoms with E-state index in [-0.39, 0.29) is 12.4 Å². The van der Waals surface area contributed by atoms with Crippen LogP contribution in [0, 0.1) is 11.6 Å². The topological polar surface area (TPSA) is 42.7 Å². The second-order valence-corrected chi connectivity index (χ2v) is 7.57. The summed E-state index contributed by atoms with van der Waals surface area (Å²) in [7, 11) is 0. The van der Waals surface area contributed by atoms with E-state index in [1.807, 2.05) is 0 Å². The van der Waals surface area contributed by atoms with Gasteiger partial charge in [0.15, 0.2) is 18.4 Å². The Kier molecular flexibility index (Phi) is 4.05. The maximum atomic E-state index is 13.7. The fourth-order valence-electron chi connectivity index (χ4n) is 4.12. The van der Waals surface area contributed by atoms with E-state index in [1.54, 1.807) is 11.0 Å². The molecule has 2 aromatic carbocycles. The van der Waals surface area contributed by atoms with E-state index in [4.69, 9.17) is 20.8 Å². The molecule has 2 heterocycles. The van der Waals surface area contributed by atoms with Crippen molar-refractivity contribution in [1.29, 1.82) is 0 Å². The van der Waals surface area contributed by atoms with Crippen LogP contribution in [0.15, 0.2) is 33.5 Å². The van der Waals surface area contributed by atoms with Gasteiger partial charge in [0.25, 0.3) is 0 Å². The summed E-state index contributed by atoms with van der Waals surface area (Å²) in [5.74, 6) is -1.38. The van der Waals surface area contributed by atoms with Gasteiger partial charge in [-0.2, -0.15) is 0 Å². The molecular formula is C21H16ClF2NO3. The highest BCUT2D eigenvalue weighted by molar-refractivity contribution is 6.33. The lowest BCUT2D eigenvalue weighted by molar-refractivity contribution is 0.289. The predicted molar refractivity (Wildman–Crippen MR) is 102 cm³/mol. The largest absolute Gasteiger partial charge is 0.471 e. The van der Waals surface area contributed by atoms with Crippen LogP contribution in [-0.2, 0) is 19.4 Å². The zero-order valence-electron chi connectivity index (χ0n) is 14.9. The number of rotatable bonds is 1. The third-order valence-corrected chi connectivity index (χ3v) is 5.78. The quantitative estimate of drug-likeness (QED) is 0.539. The molecule has 4 nitrogen and oxygen atoms in total. The molecule has 0 unspecified atom stereocenters. The Labute approximate surface area is 164 Å². The van der Waals surface area contributed by atoms with Crippen LogP contribution in [0.5, 0.6) is 5.75 Å². The summed E-state index contributed by atoms with van der Waals surface area (Å²) in [6.07, 6.45) is 3.49. The normalized spacial score (nSPS) is 15.9. The first kappa shape index (κ1) is 17.5. The van der Waals surface area contributed by atoms with Gasteiger partial charge >= 0.3 is 5.63 Å². The van der Waals surface area contributed by atoms with E-state index in [9.17, 15) is 13.6 Å². The summed E-state index contributed by atoms with van der Waals surface area (Å²) in [5, 5.41) is 1.28. The average molecular weight is 404 g/mol. The highest BCUT2D eigenvalue weighted by Crippen LogP contribution is 2.41. The second kappa shape index (κ2) is 6.48. The van der Waals surface area contributed by atoms with Crippen LogP contribution in [0.3, 0.4) is 0 Å². The third-order valence-electron chi connectivity index (χ3n) is 5.50. The van der Waals surface area contributed by atoms with Crippen LogP contribution >= 0.6 is 11.6 Å². The molecule has 0 saturated carbocycles. The number of ether oxygens (including phenoxy) is 1. The van der Waals surface area contributed by atoms with Crippen LogP contribution in [-0.4, -0.2) is 6.73 Å². The molecule has 3 aromatic rings. The first-order chi connectivity index (χ1) is 13.5. The minimum Gasteiger partial charge on any atom is -0.471 e. The molecule has 0 fully saturated rings. The Bertz CT molecular complexity index is 1170. The minimum absolute atomic E-state index is 0.123. The molecule has 1 aromatic heterocycles. The number of benzene rings is 2. The van der Waals surface area contributed by atoms with Crippen molar-refractivity contribution in [2.24, 2.45) is 0 Å². The summed E-state index contributed by atoms with van der Waals surface area (Å²) >= 11 is 6.47. The number of fused-ring (bicyclic) bond motifs is 5. The molecule has 1 aliphatic carbocycles. The van der Waals surface area contributed by atoms with Crippen molar-refractivity contribution in [3.05, 3.63) is 68.0 Å². The fourth-order valence-corrected chi connectivity index (χ4v) is 4.39. The maximum Gasteiger partial charge on any atom is 0.339 e. The number of hydrogen-bond donors (Lipinski definition) is 0. The van der Waals surface area contributed by atoms with Gasteiger partial charge in [0.2, 0.25) is 0 Å². The summed E-state index contributed by atoms with van der Waals surface area (Å²) in [6.45, 7) is 0.428. The molecular weight excluding hydrogens is 388 g/mol. The standard InChI is InChI=1S/C21H16ClF2NO3/c22-16-8-14-12-3-1-2-4-13(12)21(26)28-19(14)15-9-25(10-27-20(15)16)11-5-6-17(23)18(24)7-11/h5-8H,1-4,9-10H2. The van der Waals surface area contributed by atoms with E-state index >= 15 is 0 Å². The molecule has 7 heteroatoms. The summed E-state index contributed by atoms with van der Waals surface area (Å²) in [6, 6.07) is 5.48. The smallest absolute Gasteiger partial charge is 0.339 e. The minimum atomic E-state index is -0.931. The van der Waals surface area contributed by atoms with Crippen molar-refractivity contribution >= 4 is 28.3 Å². The van der Waals surface area contributed by atoms with Crippen molar-refractivity contribution in [2.45, 2.75) is 32.2 Å². The molecule has 2 aliphatic rings. The lowest BCUT2D eigenvalue weighted by Crippen LogP contribution is -2.32. The summed E-state index contributed by atoms with van der Waals surface area (Å²) < 4.78 is 38.4. The Morgan fingerprint density at radius 2 is 1.79 bits per heavy atom. The summed E-state index contributed by atoms with van der Waals surface area (Å²) in [5.41, 5.74) is 2.96. The zero-order chi connectivity index (χ0) is 19.4. The van der Waals surface area contributed by atoms with E-state index < -0.39 is 11.6 Å². The van der Waals surface area contributed by atoms with Gasteiger partial charge in [0.1, 0.15) is 11.3 Å². The van der Waals surface area contributed by atoms with Crippen LogP contribution in [0.25, 0.3) is 11.0 Å². The predicted octanol–water partition coefficient (Wildman–Crippen LogP) is 4.96. The molecule has 144 valence electrons. The van der Waals surface area contributed by atoms with Gasteiger partial charge in [-0.25, -0.2) is 13.6 Å². The van der Waals surface area contributed by atoms with E-state index in [1.165, 1.54) is 6.07 Å². The number of anilines is 1. The Hall–Kier alpha value is -2.60. The van der Waals surface area contributed by atoms with E-state index in [0.29, 0.717) is 40.6 Å². The van der Waals surface area contributed by atoms with Crippen molar-refractivity contribution in [3.63, 3.8) is 0 Å². The lowest BCUT2D eigenvalue weighted by Gasteiger charge is -2.32. The molecule has 1 aliphatic heterocycles. The zero-order valence-corrected chi connectivity index (χ0v) is 15.6. The maximum absolute atomic E-state index is 13.7. The third kappa shape index (κ3) is 2.66. The van der Waals surface area contributed by atoms with Crippen molar-refractivity contribution in [1.82, 2.24) is 0 Å². The second-order valence-electron chi connectivity index (χ2n) is 7.17. The SMILES string of the molecule is O=c1oc2c3c(c(Cl)cc2c2c1CCCC2)OCN(c1ccc(F)c(F)c1)C3. The van der Waals surface area contributed by atoms with Gasteiger partial charge in [-0.05, 0) is 49.4 Å². The summed E-state index contributed by atoms with van der Waals surface area (Å²) in [4.78, 5) is 14.3. The molecule has 0 radical (unpaired) electrons. The van der Waals surface area contributed by atoms with Gasteiger partial charge in [-0.3, -0.25) is 0 Å². The Morgan fingerprint density at radius 3 is 2.57 bits per heavy atom. The van der Waals surface area contributed by atoms with Crippen LogP contribution < -0.4 is 15.3 Å². The first-order valence-electron chi connectivity index (χ1n) is 9.15. The molecule has 5 rings (SSSR count). The van der Waals surface area contributed by atoms with Gasteiger partial charge in [0.05, 0.1) is 17.1 Å². The monoisotopic (exact) mass is 403 g/mol. The fraction of sp³-hybridized carbons (Fsp3) is 0.286. The van der Waals surface area contributed by atoms with Crippen LogP contribution in [0.4, 0.5) is 14.5 Å².